The summed E-state index contributed by atoms with van der Waals surface area (Å²) in [5, 5.41) is 0. The van der Waals surface area contributed by atoms with Crippen LogP contribution in [0, 0.1) is 0 Å². The number of hydrogen-bond donors (Lipinski definition) is 1. The highest BCUT2D eigenvalue weighted by molar-refractivity contribution is 9.10. The minimum atomic E-state index is 0.610. The van der Waals surface area contributed by atoms with Crippen molar-refractivity contribution in [3.05, 3.63) is 33.8 Å². The average Bonchev–Trinajstić information content (AvgIpc) is 2.67. The lowest BCUT2D eigenvalue weighted by atomic mass is 10.1. The summed E-state index contributed by atoms with van der Waals surface area (Å²) < 4.78 is 1.19. The Hall–Kier alpha value is -0.380. The molecule has 1 aromatic carbocycles. The van der Waals surface area contributed by atoms with Crippen LogP contribution in [-0.2, 0) is 13.1 Å². The summed E-state index contributed by atoms with van der Waals surface area (Å²) in [5.41, 5.74) is 8.18. The van der Waals surface area contributed by atoms with Gasteiger partial charge in [-0.15, -0.1) is 0 Å². The minimum absolute atomic E-state index is 0.610. The van der Waals surface area contributed by atoms with Crippen molar-refractivity contribution in [2.75, 3.05) is 6.54 Å². The van der Waals surface area contributed by atoms with Crippen LogP contribution in [0.4, 0.5) is 0 Å². The molecule has 1 aromatic rings. The Kier molecular flexibility index (Phi) is 4.00. The standard InChI is InChI=1S/C13H19BrN2/c1-10-3-2-6-16(10)9-12-5-4-11(8-15)7-13(12)14/h4-5,7,10H,2-3,6,8-9,15H2,1H3. The van der Waals surface area contributed by atoms with Crippen molar-refractivity contribution in [3.8, 4) is 0 Å². The van der Waals surface area contributed by atoms with Gasteiger partial charge in [-0.3, -0.25) is 4.90 Å². The van der Waals surface area contributed by atoms with Crippen LogP contribution in [0.2, 0.25) is 0 Å². The summed E-state index contributed by atoms with van der Waals surface area (Å²) in [6.07, 6.45) is 2.66. The summed E-state index contributed by atoms with van der Waals surface area (Å²) >= 11 is 3.63. The van der Waals surface area contributed by atoms with Crippen molar-refractivity contribution in [1.82, 2.24) is 4.90 Å². The molecule has 1 heterocycles. The first kappa shape index (κ1) is 12.1. The van der Waals surface area contributed by atoms with Crippen molar-refractivity contribution in [2.24, 2.45) is 5.73 Å². The van der Waals surface area contributed by atoms with E-state index in [2.05, 4.69) is 46.0 Å². The van der Waals surface area contributed by atoms with Gasteiger partial charge in [-0.05, 0) is 43.5 Å². The molecule has 1 aliphatic rings. The third kappa shape index (κ3) is 2.65. The molecule has 1 atom stereocenters. The Balaban J connectivity index is 2.09. The summed E-state index contributed by atoms with van der Waals surface area (Å²) in [6, 6.07) is 7.18. The quantitative estimate of drug-likeness (QED) is 0.924. The maximum atomic E-state index is 5.62. The largest absolute Gasteiger partial charge is 0.326 e. The zero-order valence-corrected chi connectivity index (χ0v) is 11.3. The molecule has 0 aromatic heterocycles. The fourth-order valence-corrected chi connectivity index (χ4v) is 2.84. The van der Waals surface area contributed by atoms with Crippen molar-refractivity contribution in [1.29, 1.82) is 0 Å². The second kappa shape index (κ2) is 5.30. The normalized spacial score (nSPS) is 21.6. The predicted octanol–water partition coefficient (Wildman–Crippen LogP) is 2.89. The highest BCUT2D eigenvalue weighted by Gasteiger charge is 2.20. The molecule has 16 heavy (non-hydrogen) atoms. The molecule has 0 saturated carbocycles. The molecule has 0 radical (unpaired) electrons. The van der Waals surface area contributed by atoms with Gasteiger partial charge in [-0.2, -0.15) is 0 Å². The maximum absolute atomic E-state index is 5.62. The van der Waals surface area contributed by atoms with Crippen LogP contribution >= 0.6 is 15.9 Å². The molecule has 0 amide bonds. The summed E-state index contributed by atoms with van der Waals surface area (Å²) in [4.78, 5) is 2.54. The van der Waals surface area contributed by atoms with Gasteiger partial charge >= 0.3 is 0 Å². The van der Waals surface area contributed by atoms with E-state index < -0.39 is 0 Å². The van der Waals surface area contributed by atoms with Crippen LogP contribution in [0.5, 0.6) is 0 Å². The smallest absolute Gasteiger partial charge is 0.0247 e. The van der Waals surface area contributed by atoms with Gasteiger partial charge in [-0.25, -0.2) is 0 Å². The summed E-state index contributed by atoms with van der Waals surface area (Å²) in [5.74, 6) is 0. The Bertz CT molecular complexity index is 365. The van der Waals surface area contributed by atoms with Crippen LogP contribution < -0.4 is 5.73 Å². The molecular formula is C13H19BrN2. The molecular weight excluding hydrogens is 264 g/mol. The molecule has 2 rings (SSSR count). The van der Waals surface area contributed by atoms with E-state index in [-0.39, 0.29) is 0 Å². The lowest BCUT2D eigenvalue weighted by Crippen LogP contribution is -2.26. The summed E-state index contributed by atoms with van der Waals surface area (Å²) in [6.45, 7) is 5.20. The van der Waals surface area contributed by atoms with Gasteiger partial charge in [0.05, 0.1) is 0 Å². The predicted molar refractivity (Wildman–Crippen MR) is 71.1 cm³/mol. The second-order valence-electron chi connectivity index (χ2n) is 4.59. The van der Waals surface area contributed by atoms with E-state index in [9.17, 15) is 0 Å². The molecule has 88 valence electrons. The average molecular weight is 283 g/mol. The van der Waals surface area contributed by atoms with E-state index in [0.29, 0.717) is 6.54 Å². The van der Waals surface area contributed by atoms with E-state index in [4.69, 9.17) is 5.73 Å². The van der Waals surface area contributed by atoms with E-state index in [1.54, 1.807) is 0 Å². The molecule has 0 bridgehead atoms. The maximum Gasteiger partial charge on any atom is 0.0247 e. The highest BCUT2D eigenvalue weighted by Crippen LogP contribution is 2.24. The lowest BCUT2D eigenvalue weighted by molar-refractivity contribution is 0.260. The highest BCUT2D eigenvalue weighted by atomic mass is 79.9. The van der Waals surface area contributed by atoms with Gasteiger partial charge in [0.15, 0.2) is 0 Å². The zero-order valence-electron chi connectivity index (χ0n) is 9.75. The third-order valence-corrected chi connectivity index (χ3v) is 4.16. The molecule has 1 aliphatic heterocycles. The SMILES string of the molecule is CC1CCCN1Cc1ccc(CN)cc1Br. The van der Waals surface area contributed by atoms with Crippen molar-refractivity contribution in [2.45, 2.75) is 38.9 Å². The Labute approximate surface area is 106 Å². The van der Waals surface area contributed by atoms with Crippen LogP contribution in [0.3, 0.4) is 0 Å². The first-order chi connectivity index (χ1) is 7.70. The number of nitrogens with two attached hydrogens (primary N) is 1. The van der Waals surface area contributed by atoms with Gasteiger partial charge in [0.1, 0.15) is 0 Å². The lowest BCUT2D eigenvalue weighted by Gasteiger charge is -2.21. The van der Waals surface area contributed by atoms with Crippen molar-refractivity contribution in [3.63, 3.8) is 0 Å². The van der Waals surface area contributed by atoms with E-state index in [1.807, 2.05) is 0 Å². The Morgan fingerprint density at radius 3 is 2.88 bits per heavy atom. The second-order valence-corrected chi connectivity index (χ2v) is 5.45. The Morgan fingerprint density at radius 2 is 2.31 bits per heavy atom. The third-order valence-electron chi connectivity index (χ3n) is 3.42. The molecule has 1 unspecified atom stereocenters. The molecule has 0 aliphatic carbocycles. The van der Waals surface area contributed by atoms with Gasteiger partial charge in [0.25, 0.3) is 0 Å². The number of benzene rings is 1. The first-order valence-corrected chi connectivity index (χ1v) is 6.71. The number of rotatable bonds is 3. The van der Waals surface area contributed by atoms with Gasteiger partial charge < -0.3 is 5.73 Å². The molecule has 2 N–H and O–H groups in total. The van der Waals surface area contributed by atoms with Crippen molar-refractivity contribution >= 4 is 15.9 Å². The van der Waals surface area contributed by atoms with E-state index in [1.165, 1.54) is 35.0 Å². The van der Waals surface area contributed by atoms with E-state index in [0.717, 1.165) is 12.6 Å². The number of halogens is 1. The molecule has 1 saturated heterocycles. The molecule has 1 fully saturated rings. The van der Waals surface area contributed by atoms with E-state index >= 15 is 0 Å². The topological polar surface area (TPSA) is 29.3 Å². The zero-order chi connectivity index (χ0) is 11.5. The monoisotopic (exact) mass is 282 g/mol. The van der Waals surface area contributed by atoms with Crippen LogP contribution in [0.1, 0.15) is 30.9 Å². The summed E-state index contributed by atoms with van der Waals surface area (Å²) in [7, 11) is 0. The molecule has 0 spiro atoms. The van der Waals surface area contributed by atoms with Crippen LogP contribution in [-0.4, -0.2) is 17.5 Å². The molecule has 2 nitrogen and oxygen atoms in total. The van der Waals surface area contributed by atoms with Gasteiger partial charge in [0.2, 0.25) is 0 Å². The first-order valence-electron chi connectivity index (χ1n) is 5.92. The Morgan fingerprint density at radius 1 is 1.50 bits per heavy atom. The number of nitrogens with zero attached hydrogens (tertiary/aromatic N) is 1. The van der Waals surface area contributed by atoms with Crippen LogP contribution in [0.15, 0.2) is 22.7 Å². The number of hydrogen-bond acceptors (Lipinski definition) is 2. The fourth-order valence-electron chi connectivity index (χ4n) is 2.29. The van der Waals surface area contributed by atoms with Crippen LogP contribution in [0.25, 0.3) is 0 Å². The molecule has 3 heteroatoms. The fraction of sp³-hybridized carbons (Fsp3) is 0.538. The van der Waals surface area contributed by atoms with Gasteiger partial charge in [-0.1, -0.05) is 28.1 Å². The van der Waals surface area contributed by atoms with Gasteiger partial charge in [0, 0.05) is 23.6 Å². The minimum Gasteiger partial charge on any atom is -0.326 e. The number of likely N-dealkylation sites (tertiary alicyclic amines) is 1. The van der Waals surface area contributed by atoms with Crippen molar-refractivity contribution < 1.29 is 0 Å².